The van der Waals surface area contributed by atoms with Crippen molar-refractivity contribution in [3.63, 3.8) is 0 Å². The topological polar surface area (TPSA) is 119 Å². The average Bonchev–Trinajstić information content (AvgIpc) is 3.30. The number of rotatable bonds is 5. The second-order valence-corrected chi connectivity index (χ2v) is 11.1. The highest BCUT2D eigenvalue weighted by Crippen LogP contribution is 2.29. The van der Waals surface area contributed by atoms with Gasteiger partial charge in [0.2, 0.25) is 0 Å². The van der Waals surface area contributed by atoms with Crippen LogP contribution < -0.4 is 10.6 Å². The van der Waals surface area contributed by atoms with E-state index in [1.807, 2.05) is 12.1 Å². The number of fused-ring (bicyclic) bond motifs is 2. The minimum absolute atomic E-state index is 0.0773. The Morgan fingerprint density at radius 3 is 2.71 bits per heavy atom. The summed E-state index contributed by atoms with van der Waals surface area (Å²) in [6.45, 7) is 0.0773. The van der Waals surface area contributed by atoms with E-state index in [1.54, 1.807) is 48.0 Å². The van der Waals surface area contributed by atoms with Gasteiger partial charge < -0.3 is 10.6 Å². The zero-order valence-corrected chi connectivity index (χ0v) is 20.7. The van der Waals surface area contributed by atoms with Crippen LogP contribution in [0.4, 0.5) is 11.5 Å². The summed E-state index contributed by atoms with van der Waals surface area (Å²) in [4.78, 5) is 27.9. The number of pyridine rings is 2. The quantitative estimate of drug-likeness (QED) is 0.354. The normalized spacial score (nSPS) is 11.7. The van der Waals surface area contributed by atoms with Crippen molar-refractivity contribution in [3.05, 3.63) is 82.5 Å². The molecule has 0 radical (unpaired) electrons. The molecule has 0 saturated carbocycles. The van der Waals surface area contributed by atoms with Gasteiger partial charge in [0.1, 0.15) is 5.82 Å². The molecule has 176 valence electrons. The van der Waals surface area contributed by atoms with Crippen LogP contribution in [-0.4, -0.2) is 35.5 Å². The largest absolute Gasteiger partial charge is 0.382 e. The van der Waals surface area contributed by atoms with Crippen molar-refractivity contribution in [2.24, 2.45) is 0 Å². The summed E-state index contributed by atoms with van der Waals surface area (Å²) in [7, 11) is -3.71. The molecule has 1 amide bonds. The first kappa shape index (κ1) is 23.2. The highest BCUT2D eigenvalue weighted by Gasteiger charge is 2.26. The number of carbonyl (C=O) groups is 1. The smallest absolute Gasteiger partial charge is 0.258 e. The molecule has 0 unspecified atom stereocenters. The molecule has 3 heterocycles. The van der Waals surface area contributed by atoms with E-state index in [1.165, 1.54) is 22.4 Å². The third-order valence-electron chi connectivity index (χ3n) is 5.42. The van der Waals surface area contributed by atoms with E-state index >= 15 is 0 Å². The van der Waals surface area contributed by atoms with E-state index in [-0.39, 0.29) is 29.0 Å². The fourth-order valence-electron chi connectivity index (χ4n) is 3.77. The van der Waals surface area contributed by atoms with E-state index in [4.69, 9.17) is 17.3 Å². The highest BCUT2D eigenvalue weighted by atomic mass is 35.5. The van der Waals surface area contributed by atoms with E-state index in [0.29, 0.717) is 16.1 Å². The van der Waals surface area contributed by atoms with Crippen LogP contribution in [-0.2, 0) is 16.4 Å². The van der Waals surface area contributed by atoms with Gasteiger partial charge >= 0.3 is 0 Å². The first-order valence-electron chi connectivity index (χ1n) is 10.4. The minimum Gasteiger partial charge on any atom is -0.382 e. The number of halogens is 1. The van der Waals surface area contributed by atoms with E-state index in [9.17, 15) is 13.2 Å². The fourth-order valence-corrected chi connectivity index (χ4v) is 5.45. The zero-order chi connectivity index (χ0) is 24.7. The van der Waals surface area contributed by atoms with Gasteiger partial charge in [-0.1, -0.05) is 23.7 Å². The number of anilines is 2. The number of benzene rings is 2. The van der Waals surface area contributed by atoms with Gasteiger partial charge in [-0.05, 0) is 48.0 Å². The number of carbonyl (C=O) groups excluding carboxylic acids is 1. The molecule has 0 aliphatic carbocycles. The summed E-state index contributed by atoms with van der Waals surface area (Å²) in [5, 5.41) is 0.968. The molecule has 11 heteroatoms. The van der Waals surface area contributed by atoms with Crippen molar-refractivity contribution in [3.8, 4) is 0 Å². The van der Waals surface area contributed by atoms with Crippen molar-refractivity contribution in [2.45, 2.75) is 11.6 Å². The molecule has 2 aromatic carbocycles. The van der Waals surface area contributed by atoms with Crippen molar-refractivity contribution in [1.82, 2.24) is 15.0 Å². The number of amides is 1. The Bertz CT molecular complexity index is 1720. The first-order valence-corrected chi connectivity index (χ1v) is 13.5. The van der Waals surface area contributed by atoms with Crippen molar-refractivity contribution in [2.75, 3.05) is 16.9 Å². The molecule has 0 saturated heterocycles. The molecular weight excluding hydrogens is 506 g/mol. The van der Waals surface area contributed by atoms with Crippen molar-refractivity contribution < 1.29 is 13.2 Å². The molecular formula is C24H18ClN5O3S2. The highest BCUT2D eigenvalue weighted by molar-refractivity contribution is 7.90. The van der Waals surface area contributed by atoms with Gasteiger partial charge in [-0.25, -0.2) is 23.4 Å². The van der Waals surface area contributed by atoms with Gasteiger partial charge in [-0.15, -0.1) is 11.3 Å². The molecule has 35 heavy (non-hydrogen) atoms. The Labute approximate surface area is 209 Å². The van der Waals surface area contributed by atoms with Crippen LogP contribution in [0.3, 0.4) is 0 Å². The van der Waals surface area contributed by atoms with Gasteiger partial charge in [0, 0.05) is 23.4 Å². The lowest BCUT2D eigenvalue weighted by Gasteiger charge is -2.25. The van der Waals surface area contributed by atoms with Crippen LogP contribution in [0.25, 0.3) is 21.1 Å². The number of hydrogen-bond donors (Lipinski definition) is 1. The molecule has 2 N–H and O–H groups in total. The van der Waals surface area contributed by atoms with E-state index < -0.39 is 9.84 Å². The van der Waals surface area contributed by atoms with Crippen LogP contribution in [0.2, 0.25) is 5.02 Å². The second-order valence-electron chi connectivity index (χ2n) is 7.91. The summed E-state index contributed by atoms with van der Waals surface area (Å²) < 4.78 is 25.9. The fraction of sp³-hybridized carbons (Fsp3) is 0.0833. The second kappa shape index (κ2) is 8.88. The van der Waals surface area contributed by atoms with Gasteiger partial charge in [-0.3, -0.25) is 4.79 Å². The lowest BCUT2D eigenvalue weighted by Crippen LogP contribution is -2.32. The first-order chi connectivity index (χ1) is 16.7. The molecule has 0 aliphatic rings. The van der Waals surface area contributed by atoms with Gasteiger partial charge in [0.05, 0.1) is 38.5 Å². The maximum Gasteiger partial charge on any atom is 0.258 e. The van der Waals surface area contributed by atoms with E-state index in [2.05, 4.69) is 15.0 Å². The Morgan fingerprint density at radius 1 is 1.09 bits per heavy atom. The minimum atomic E-state index is -3.71. The van der Waals surface area contributed by atoms with Crippen molar-refractivity contribution in [1.29, 1.82) is 0 Å². The third kappa shape index (κ3) is 4.55. The lowest BCUT2D eigenvalue weighted by molar-refractivity contribution is 0.0984. The summed E-state index contributed by atoms with van der Waals surface area (Å²) in [5.41, 5.74) is 10.3. The molecule has 8 nitrogen and oxygen atoms in total. The van der Waals surface area contributed by atoms with Crippen molar-refractivity contribution >= 4 is 71.3 Å². The number of aromatic nitrogens is 3. The zero-order valence-electron chi connectivity index (χ0n) is 18.3. The Morgan fingerprint density at radius 2 is 1.91 bits per heavy atom. The molecule has 0 fully saturated rings. The maximum absolute atomic E-state index is 13.8. The van der Waals surface area contributed by atoms with Crippen LogP contribution in [0.1, 0.15) is 15.9 Å². The average molecular weight is 524 g/mol. The van der Waals surface area contributed by atoms with Crippen LogP contribution in [0, 0.1) is 0 Å². The number of nitrogens with zero attached hydrogens (tertiary/aromatic N) is 4. The molecule has 5 rings (SSSR count). The summed E-state index contributed by atoms with van der Waals surface area (Å²) in [6, 6.07) is 15.6. The van der Waals surface area contributed by atoms with Crippen LogP contribution in [0.5, 0.6) is 0 Å². The van der Waals surface area contributed by atoms with Crippen LogP contribution >= 0.6 is 22.9 Å². The number of nitrogens with two attached hydrogens (primary N) is 1. The Balaban J connectivity index is 1.63. The lowest BCUT2D eigenvalue weighted by atomic mass is 10.1. The number of sulfone groups is 1. The molecule has 3 aromatic heterocycles. The standard InChI is InChI=1S/C24H18ClN5O3S2/c1-35(32,33)23-20(3-2-8-27-23)30(24(31)16-6-7-18-21(11-16)34-13-28-18)12-14-4-5-15-10-17(25)22(26)29-19(15)9-14/h2-11,13H,12H2,1H3,(H2,26,29). The third-order valence-corrected chi connectivity index (χ3v) is 7.53. The summed E-state index contributed by atoms with van der Waals surface area (Å²) in [5.74, 6) is -0.171. The van der Waals surface area contributed by atoms with Crippen LogP contribution in [0.15, 0.2) is 71.3 Å². The SMILES string of the molecule is CS(=O)(=O)c1ncccc1N(Cc1ccc2cc(Cl)c(N)nc2c1)C(=O)c1ccc2ncsc2c1. The molecule has 0 spiro atoms. The number of thiazole rings is 1. The molecule has 0 bridgehead atoms. The Hall–Kier alpha value is -3.60. The number of nitrogen functional groups attached to an aromatic ring is 1. The predicted octanol–water partition coefficient (Wildman–Crippen LogP) is 4.73. The Kier molecular flexibility index (Phi) is 5.87. The van der Waals surface area contributed by atoms with E-state index in [0.717, 1.165) is 27.4 Å². The molecule has 5 aromatic rings. The molecule has 0 atom stereocenters. The maximum atomic E-state index is 13.8. The number of hydrogen-bond acceptors (Lipinski definition) is 8. The summed E-state index contributed by atoms with van der Waals surface area (Å²) in [6.07, 6.45) is 2.45. The van der Waals surface area contributed by atoms with Gasteiger partial charge in [0.25, 0.3) is 5.91 Å². The van der Waals surface area contributed by atoms with Gasteiger partial charge in [-0.2, -0.15) is 0 Å². The monoisotopic (exact) mass is 523 g/mol. The van der Waals surface area contributed by atoms with Gasteiger partial charge in [0.15, 0.2) is 14.9 Å². The predicted molar refractivity (Wildman–Crippen MR) is 139 cm³/mol. The summed E-state index contributed by atoms with van der Waals surface area (Å²) >= 11 is 7.51. The molecule has 0 aliphatic heterocycles.